The van der Waals surface area contributed by atoms with Gasteiger partial charge in [0.15, 0.2) is 11.5 Å². The molecule has 1 fully saturated rings. The fourth-order valence-corrected chi connectivity index (χ4v) is 4.71. The molecule has 3 rings (SSSR count). The first-order chi connectivity index (χ1) is 17.2. The molecule has 0 radical (unpaired) electrons. The van der Waals surface area contributed by atoms with Crippen molar-refractivity contribution in [2.75, 3.05) is 47.5 Å². The van der Waals surface area contributed by atoms with Crippen LogP contribution in [0.2, 0.25) is 0 Å². The molecule has 194 valence electrons. The standard InChI is InChI=1S/C26H31BrN2O7/c1-6-28(7-2)10-11-29-22(15-12-19(34-3)25(36-5)20(13-15)35-4)21(24(32)26(29)33)23(31)17-14-16(27)8-9-18(17)30/h8-9,12-14,22,30-31H,6-7,10-11H2,1-5H3. The zero-order valence-corrected chi connectivity index (χ0v) is 22.6. The number of hydrogen-bond acceptors (Lipinski definition) is 8. The number of carbonyl (C=O) groups excluding carboxylic acids is 2. The molecule has 9 nitrogen and oxygen atoms in total. The number of aromatic hydroxyl groups is 1. The molecule has 1 aliphatic heterocycles. The van der Waals surface area contributed by atoms with E-state index in [0.29, 0.717) is 33.8 Å². The number of carbonyl (C=O) groups is 2. The molecular formula is C26H31BrN2O7. The molecule has 0 aliphatic carbocycles. The van der Waals surface area contributed by atoms with Gasteiger partial charge in [-0.1, -0.05) is 29.8 Å². The Kier molecular flexibility index (Phi) is 8.86. The van der Waals surface area contributed by atoms with E-state index in [1.165, 1.54) is 38.4 Å². The van der Waals surface area contributed by atoms with Gasteiger partial charge in [0.2, 0.25) is 5.75 Å². The molecule has 0 bridgehead atoms. The van der Waals surface area contributed by atoms with Gasteiger partial charge in [-0.2, -0.15) is 0 Å². The van der Waals surface area contributed by atoms with E-state index in [9.17, 15) is 19.8 Å². The minimum atomic E-state index is -0.951. The van der Waals surface area contributed by atoms with Crippen molar-refractivity contribution in [3.8, 4) is 23.0 Å². The number of likely N-dealkylation sites (N-methyl/N-ethyl adjacent to an activating group) is 1. The summed E-state index contributed by atoms with van der Waals surface area (Å²) in [7, 11) is 4.42. The Morgan fingerprint density at radius 2 is 1.64 bits per heavy atom. The Morgan fingerprint density at radius 3 is 2.17 bits per heavy atom. The van der Waals surface area contributed by atoms with E-state index in [0.717, 1.165) is 13.1 Å². The lowest BCUT2D eigenvalue weighted by Crippen LogP contribution is -2.38. The van der Waals surface area contributed by atoms with Gasteiger partial charge in [0, 0.05) is 17.6 Å². The van der Waals surface area contributed by atoms with Gasteiger partial charge in [-0.3, -0.25) is 9.59 Å². The summed E-state index contributed by atoms with van der Waals surface area (Å²) in [5, 5.41) is 21.7. The predicted molar refractivity (Wildman–Crippen MR) is 139 cm³/mol. The maximum absolute atomic E-state index is 13.3. The molecule has 1 unspecified atom stereocenters. The van der Waals surface area contributed by atoms with Gasteiger partial charge < -0.3 is 34.2 Å². The van der Waals surface area contributed by atoms with Crippen molar-refractivity contribution in [1.29, 1.82) is 0 Å². The molecule has 2 aromatic rings. The predicted octanol–water partition coefficient (Wildman–Crippen LogP) is 3.94. The van der Waals surface area contributed by atoms with E-state index in [1.54, 1.807) is 18.2 Å². The lowest BCUT2D eigenvalue weighted by Gasteiger charge is -2.29. The average Bonchev–Trinajstić information content (AvgIpc) is 3.14. The van der Waals surface area contributed by atoms with E-state index in [-0.39, 0.29) is 23.4 Å². The maximum atomic E-state index is 13.3. The van der Waals surface area contributed by atoms with Crippen LogP contribution in [-0.4, -0.2) is 79.2 Å². The fourth-order valence-electron chi connectivity index (χ4n) is 4.35. The van der Waals surface area contributed by atoms with Crippen molar-refractivity contribution in [3.63, 3.8) is 0 Å². The van der Waals surface area contributed by atoms with E-state index >= 15 is 0 Å². The molecule has 2 aromatic carbocycles. The van der Waals surface area contributed by atoms with Crippen LogP contribution < -0.4 is 14.2 Å². The second-order valence-corrected chi connectivity index (χ2v) is 9.06. The van der Waals surface area contributed by atoms with Gasteiger partial charge in [0.05, 0.1) is 38.5 Å². The Labute approximate surface area is 219 Å². The van der Waals surface area contributed by atoms with Crippen molar-refractivity contribution in [2.45, 2.75) is 19.9 Å². The van der Waals surface area contributed by atoms with E-state index < -0.39 is 23.5 Å². The van der Waals surface area contributed by atoms with E-state index in [2.05, 4.69) is 20.8 Å². The average molecular weight is 563 g/mol. The first-order valence-corrected chi connectivity index (χ1v) is 12.3. The van der Waals surface area contributed by atoms with Crippen molar-refractivity contribution in [3.05, 3.63) is 51.5 Å². The molecule has 2 N–H and O–H groups in total. The number of methoxy groups -OCH3 is 3. The highest BCUT2D eigenvalue weighted by Crippen LogP contribution is 2.46. The SMILES string of the molecule is CCN(CC)CCN1C(=O)C(=O)C(=C(O)c2cc(Br)ccc2O)C1c1cc(OC)c(OC)c(OC)c1. The number of likely N-dealkylation sites (tertiary alicyclic amines) is 1. The number of amides is 1. The third-order valence-electron chi connectivity index (χ3n) is 6.31. The third kappa shape index (κ3) is 5.15. The van der Waals surface area contributed by atoms with Crippen molar-refractivity contribution < 1.29 is 34.0 Å². The number of phenols is 1. The van der Waals surface area contributed by atoms with E-state index in [1.807, 2.05) is 13.8 Å². The minimum absolute atomic E-state index is 0.0311. The van der Waals surface area contributed by atoms with Gasteiger partial charge in [0.1, 0.15) is 11.5 Å². The molecule has 1 heterocycles. The second-order valence-electron chi connectivity index (χ2n) is 8.14. The summed E-state index contributed by atoms with van der Waals surface area (Å²) in [6.45, 7) is 6.37. The largest absolute Gasteiger partial charge is 0.507 e. The summed E-state index contributed by atoms with van der Waals surface area (Å²) in [4.78, 5) is 30.1. The quantitative estimate of drug-likeness (QED) is 0.254. The van der Waals surface area contributed by atoms with Gasteiger partial charge in [-0.25, -0.2) is 0 Å². The van der Waals surface area contributed by atoms with Crippen LogP contribution in [0, 0.1) is 0 Å². The topological polar surface area (TPSA) is 109 Å². The highest BCUT2D eigenvalue weighted by Gasteiger charge is 2.46. The molecule has 36 heavy (non-hydrogen) atoms. The second kappa shape index (κ2) is 11.7. The molecule has 1 amide bonds. The molecule has 1 saturated heterocycles. The molecule has 1 aliphatic rings. The number of nitrogens with zero attached hydrogens (tertiary/aromatic N) is 2. The molecule has 1 atom stereocenters. The summed E-state index contributed by atoms with van der Waals surface area (Å²) in [6.07, 6.45) is 0. The zero-order valence-electron chi connectivity index (χ0n) is 21.0. The number of phenolic OH excluding ortho intramolecular Hbond substituents is 1. The van der Waals surface area contributed by atoms with Crippen molar-refractivity contribution >= 4 is 33.4 Å². The molecular weight excluding hydrogens is 532 g/mol. The smallest absolute Gasteiger partial charge is 0.295 e. The van der Waals surface area contributed by atoms with Gasteiger partial charge in [-0.05, 0) is 49.0 Å². The van der Waals surface area contributed by atoms with Gasteiger partial charge in [-0.15, -0.1) is 0 Å². The highest BCUT2D eigenvalue weighted by atomic mass is 79.9. The number of aliphatic hydroxyl groups excluding tert-OH is 1. The number of ketones is 1. The van der Waals surface area contributed by atoms with Crippen molar-refractivity contribution in [1.82, 2.24) is 9.80 Å². The summed E-state index contributed by atoms with van der Waals surface area (Å²) in [5.74, 6) is -1.25. The highest BCUT2D eigenvalue weighted by molar-refractivity contribution is 9.10. The number of ether oxygens (including phenoxy) is 3. The zero-order chi connectivity index (χ0) is 26.6. The maximum Gasteiger partial charge on any atom is 0.295 e. The van der Waals surface area contributed by atoms with E-state index in [4.69, 9.17) is 14.2 Å². The monoisotopic (exact) mass is 562 g/mol. The Hall–Kier alpha value is -3.24. The lowest BCUT2D eigenvalue weighted by atomic mass is 9.94. The Balaban J connectivity index is 2.26. The number of benzene rings is 2. The first-order valence-electron chi connectivity index (χ1n) is 11.5. The van der Waals surface area contributed by atoms with Crippen LogP contribution in [0.3, 0.4) is 0 Å². The molecule has 0 aromatic heterocycles. The van der Waals surface area contributed by atoms with Crippen LogP contribution in [0.1, 0.15) is 31.0 Å². The minimum Gasteiger partial charge on any atom is -0.507 e. The van der Waals surface area contributed by atoms with Crippen LogP contribution in [0.25, 0.3) is 5.76 Å². The number of rotatable bonds is 10. The van der Waals surface area contributed by atoms with Gasteiger partial charge in [0.25, 0.3) is 11.7 Å². The fraction of sp³-hybridized carbons (Fsp3) is 0.385. The molecule has 10 heteroatoms. The van der Waals surface area contributed by atoms with Crippen molar-refractivity contribution in [2.24, 2.45) is 0 Å². The summed E-state index contributed by atoms with van der Waals surface area (Å²) in [5.41, 5.74) is 0.380. The van der Waals surface area contributed by atoms with Crippen LogP contribution in [0.15, 0.2) is 40.4 Å². The normalized spacial score (nSPS) is 17.1. The molecule has 0 spiro atoms. The Morgan fingerprint density at radius 1 is 1.03 bits per heavy atom. The van der Waals surface area contributed by atoms with Crippen LogP contribution in [-0.2, 0) is 9.59 Å². The Bertz CT molecular complexity index is 1150. The summed E-state index contributed by atoms with van der Waals surface area (Å²) in [6, 6.07) is 6.83. The van der Waals surface area contributed by atoms with Crippen LogP contribution in [0.5, 0.6) is 23.0 Å². The van der Waals surface area contributed by atoms with Crippen LogP contribution >= 0.6 is 15.9 Å². The first kappa shape index (κ1) is 27.3. The van der Waals surface area contributed by atoms with Gasteiger partial charge >= 0.3 is 0 Å². The van der Waals surface area contributed by atoms with Crippen LogP contribution in [0.4, 0.5) is 0 Å². The summed E-state index contributed by atoms with van der Waals surface area (Å²) >= 11 is 3.32. The number of halogens is 1. The number of Topliss-reactive ketones (excluding diaryl/α,β-unsaturated/α-hetero) is 1. The molecule has 0 saturated carbocycles. The number of aliphatic hydroxyl groups is 1. The lowest BCUT2D eigenvalue weighted by molar-refractivity contribution is -0.140. The third-order valence-corrected chi connectivity index (χ3v) is 6.80. The summed E-state index contributed by atoms with van der Waals surface area (Å²) < 4.78 is 17.0. The number of hydrogen-bond donors (Lipinski definition) is 2.